The number of aromatic nitrogens is 3. The number of carbonyl (C=O) groups is 1. The zero-order chi connectivity index (χ0) is 19.8. The maximum atomic E-state index is 13.3. The zero-order valence-corrected chi connectivity index (χ0v) is 15.4. The van der Waals surface area contributed by atoms with Crippen molar-refractivity contribution in [2.45, 2.75) is 0 Å². The van der Waals surface area contributed by atoms with Crippen molar-refractivity contribution in [1.29, 1.82) is 0 Å². The topological polar surface area (TPSA) is 70.5 Å². The lowest BCUT2D eigenvalue weighted by atomic mass is 10.1. The van der Waals surface area contributed by atoms with Crippen LogP contribution in [0.15, 0.2) is 65.6 Å². The van der Waals surface area contributed by atoms with Crippen LogP contribution in [0.25, 0.3) is 17.0 Å². The molecule has 0 atom stereocenters. The third-order valence-corrected chi connectivity index (χ3v) is 4.65. The Morgan fingerprint density at radius 3 is 2.46 bits per heavy atom. The van der Waals surface area contributed by atoms with E-state index in [1.807, 2.05) is 0 Å². The molecule has 28 heavy (non-hydrogen) atoms. The van der Waals surface area contributed by atoms with Gasteiger partial charge in [0.15, 0.2) is 0 Å². The fourth-order valence-electron chi connectivity index (χ4n) is 2.96. The number of hydrogen-bond acceptors (Lipinski definition) is 3. The van der Waals surface area contributed by atoms with Gasteiger partial charge in [-0.3, -0.25) is 9.59 Å². The van der Waals surface area contributed by atoms with Crippen LogP contribution in [0.1, 0.15) is 10.5 Å². The summed E-state index contributed by atoms with van der Waals surface area (Å²) in [5.41, 5.74) is 1.24. The van der Waals surface area contributed by atoms with Gasteiger partial charge in [0.25, 0.3) is 11.5 Å². The molecule has 0 aliphatic heterocycles. The minimum absolute atomic E-state index is 0.108. The van der Waals surface area contributed by atoms with Crippen molar-refractivity contribution in [3.63, 3.8) is 0 Å². The van der Waals surface area contributed by atoms with E-state index in [0.29, 0.717) is 22.0 Å². The molecular weight excluding hydrogens is 383 g/mol. The molecule has 1 N–H and O–H groups in total. The van der Waals surface area contributed by atoms with Crippen LogP contribution in [0.3, 0.4) is 0 Å². The van der Waals surface area contributed by atoms with Crippen LogP contribution in [0.2, 0.25) is 5.02 Å². The second-order valence-electron chi connectivity index (χ2n) is 6.14. The van der Waals surface area contributed by atoms with Crippen molar-refractivity contribution in [3.8, 4) is 11.3 Å². The summed E-state index contributed by atoms with van der Waals surface area (Å²) < 4.78 is 14.6. The van der Waals surface area contributed by atoms with Crippen molar-refractivity contribution in [1.82, 2.24) is 14.4 Å². The van der Waals surface area contributed by atoms with E-state index in [-0.39, 0.29) is 11.5 Å². The number of nitrogens with zero attached hydrogens (tertiary/aromatic N) is 3. The number of aromatic amines is 1. The Balaban J connectivity index is 1.92. The second-order valence-corrected chi connectivity index (χ2v) is 6.57. The first-order chi connectivity index (χ1) is 13.5. The summed E-state index contributed by atoms with van der Waals surface area (Å²) in [4.78, 5) is 34.3. The molecule has 2 aromatic carbocycles. The van der Waals surface area contributed by atoms with Crippen LogP contribution in [-0.4, -0.2) is 27.3 Å². The molecule has 0 unspecified atom stereocenters. The van der Waals surface area contributed by atoms with E-state index in [9.17, 15) is 14.0 Å². The van der Waals surface area contributed by atoms with Gasteiger partial charge in [0.1, 0.15) is 11.5 Å². The van der Waals surface area contributed by atoms with Gasteiger partial charge in [-0.15, -0.1) is 0 Å². The van der Waals surface area contributed by atoms with Gasteiger partial charge in [0, 0.05) is 35.6 Å². The molecule has 8 heteroatoms. The first-order valence-corrected chi connectivity index (χ1v) is 8.73. The zero-order valence-electron chi connectivity index (χ0n) is 14.7. The van der Waals surface area contributed by atoms with Crippen molar-refractivity contribution < 1.29 is 9.18 Å². The Kier molecular flexibility index (Phi) is 4.44. The number of imidazole rings is 1. The Morgan fingerprint density at radius 2 is 1.79 bits per heavy atom. The highest BCUT2D eigenvalue weighted by molar-refractivity contribution is 6.30. The predicted molar refractivity (Wildman–Crippen MR) is 105 cm³/mol. The molecule has 0 aliphatic carbocycles. The Hall–Kier alpha value is -3.45. The molecule has 0 aliphatic rings. The summed E-state index contributed by atoms with van der Waals surface area (Å²) in [5, 5.41) is 0.545. The van der Waals surface area contributed by atoms with Gasteiger partial charge in [0.05, 0.1) is 5.69 Å². The third kappa shape index (κ3) is 3.05. The highest BCUT2D eigenvalue weighted by atomic mass is 35.5. The number of amides is 1. The number of benzene rings is 2. The number of halogens is 2. The average molecular weight is 397 g/mol. The summed E-state index contributed by atoms with van der Waals surface area (Å²) >= 11 is 5.92. The molecular formula is C20H14ClFN4O2. The van der Waals surface area contributed by atoms with E-state index in [1.165, 1.54) is 45.8 Å². The van der Waals surface area contributed by atoms with Crippen molar-refractivity contribution in [3.05, 3.63) is 87.7 Å². The molecule has 6 nitrogen and oxygen atoms in total. The lowest BCUT2D eigenvalue weighted by Crippen LogP contribution is -2.30. The number of hydrogen-bond donors (Lipinski definition) is 1. The fraction of sp³-hybridized carbons (Fsp3) is 0.0500. The maximum Gasteiger partial charge on any atom is 0.277 e. The smallest absolute Gasteiger partial charge is 0.277 e. The predicted octanol–water partition coefficient (Wildman–Crippen LogP) is 3.76. The van der Waals surface area contributed by atoms with E-state index in [2.05, 4.69) is 9.97 Å². The quantitative estimate of drug-likeness (QED) is 0.573. The van der Waals surface area contributed by atoms with Gasteiger partial charge in [-0.2, -0.15) is 0 Å². The molecule has 2 aromatic heterocycles. The van der Waals surface area contributed by atoms with Crippen LogP contribution in [0.5, 0.6) is 0 Å². The number of rotatable bonds is 3. The lowest BCUT2D eigenvalue weighted by molar-refractivity contribution is 0.0988. The van der Waals surface area contributed by atoms with E-state index in [1.54, 1.807) is 31.3 Å². The Labute approximate surface area is 163 Å². The summed E-state index contributed by atoms with van der Waals surface area (Å²) in [7, 11) is 1.60. The van der Waals surface area contributed by atoms with Gasteiger partial charge >= 0.3 is 0 Å². The first kappa shape index (κ1) is 17.9. The second kappa shape index (κ2) is 6.94. The maximum absolute atomic E-state index is 13.3. The molecule has 0 radical (unpaired) electrons. The van der Waals surface area contributed by atoms with Crippen LogP contribution < -0.4 is 10.5 Å². The molecule has 0 saturated carbocycles. The Morgan fingerprint density at radius 1 is 1.11 bits per heavy atom. The standard InChI is InChI=1S/C20H14ClFN4O2/c1-25(15-8-4-13(21)5-9-15)19(28)18-17(12-2-6-14(22)7-3-12)24-20-23-11-10-16(27)26(18)20/h2-11H,1H3,(H,23,24). The monoisotopic (exact) mass is 396 g/mol. The van der Waals surface area contributed by atoms with E-state index >= 15 is 0 Å². The van der Waals surface area contributed by atoms with Crippen molar-refractivity contribution in [2.24, 2.45) is 0 Å². The third-order valence-electron chi connectivity index (χ3n) is 4.40. The SMILES string of the molecule is CN(C(=O)c1c(-c2ccc(F)cc2)[nH]c2nccc(=O)n12)c1ccc(Cl)cc1. The molecule has 1 amide bonds. The van der Waals surface area contributed by atoms with Crippen LogP contribution in [-0.2, 0) is 0 Å². The molecule has 2 heterocycles. The van der Waals surface area contributed by atoms with Gasteiger partial charge in [-0.05, 0) is 48.5 Å². The van der Waals surface area contributed by atoms with Crippen LogP contribution >= 0.6 is 11.6 Å². The van der Waals surface area contributed by atoms with Crippen LogP contribution in [0.4, 0.5) is 10.1 Å². The molecule has 0 spiro atoms. The molecule has 0 fully saturated rings. The van der Waals surface area contributed by atoms with E-state index in [0.717, 1.165) is 0 Å². The van der Waals surface area contributed by atoms with Gasteiger partial charge in [-0.25, -0.2) is 13.8 Å². The van der Waals surface area contributed by atoms with E-state index in [4.69, 9.17) is 11.6 Å². The van der Waals surface area contributed by atoms with Gasteiger partial charge in [0.2, 0.25) is 5.78 Å². The number of fused-ring (bicyclic) bond motifs is 1. The number of H-pyrrole nitrogens is 1. The summed E-state index contributed by atoms with van der Waals surface area (Å²) in [6.07, 6.45) is 1.36. The highest BCUT2D eigenvalue weighted by Crippen LogP contribution is 2.26. The molecule has 4 rings (SSSR count). The largest absolute Gasteiger partial charge is 0.323 e. The summed E-state index contributed by atoms with van der Waals surface area (Å²) in [5.74, 6) is -0.607. The van der Waals surface area contributed by atoms with Gasteiger partial charge in [-0.1, -0.05) is 11.6 Å². The molecule has 0 saturated heterocycles. The summed E-state index contributed by atoms with van der Waals surface area (Å²) in [6, 6.07) is 13.7. The fourth-order valence-corrected chi connectivity index (χ4v) is 3.09. The minimum Gasteiger partial charge on any atom is -0.323 e. The van der Waals surface area contributed by atoms with E-state index < -0.39 is 17.3 Å². The highest BCUT2D eigenvalue weighted by Gasteiger charge is 2.25. The minimum atomic E-state index is -0.428. The number of anilines is 1. The van der Waals surface area contributed by atoms with Gasteiger partial charge < -0.3 is 9.88 Å². The van der Waals surface area contributed by atoms with Crippen molar-refractivity contribution in [2.75, 3.05) is 11.9 Å². The number of carbonyl (C=O) groups excluding carboxylic acids is 1. The Bertz CT molecular complexity index is 1230. The average Bonchev–Trinajstić information content (AvgIpc) is 3.09. The molecule has 140 valence electrons. The first-order valence-electron chi connectivity index (χ1n) is 8.35. The van der Waals surface area contributed by atoms with Crippen molar-refractivity contribution >= 4 is 29.0 Å². The van der Waals surface area contributed by atoms with Crippen LogP contribution in [0, 0.1) is 5.82 Å². The summed E-state index contributed by atoms with van der Waals surface area (Å²) in [6.45, 7) is 0. The molecule has 4 aromatic rings. The lowest BCUT2D eigenvalue weighted by Gasteiger charge is -2.18. The number of nitrogens with one attached hydrogen (secondary N) is 1. The normalized spacial score (nSPS) is 11.0. The molecule has 0 bridgehead atoms.